The summed E-state index contributed by atoms with van der Waals surface area (Å²) in [7, 11) is 0. The van der Waals surface area contributed by atoms with Crippen molar-refractivity contribution in [3.8, 4) is 6.07 Å². The van der Waals surface area contributed by atoms with Crippen LogP contribution in [0.5, 0.6) is 0 Å². The molecule has 2 rings (SSSR count). The van der Waals surface area contributed by atoms with Crippen molar-refractivity contribution in [2.24, 2.45) is 0 Å². The van der Waals surface area contributed by atoms with Crippen molar-refractivity contribution in [1.82, 2.24) is 0 Å². The van der Waals surface area contributed by atoms with Crippen molar-refractivity contribution in [3.05, 3.63) is 81.4 Å². The number of carbonyl (C=O) groups excluding carboxylic acids is 1. The zero-order valence-electron chi connectivity index (χ0n) is 10.9. The lowest BCUT2D eigenvalue weighted by Gasteiger charge is -1.97. The zero-order chi connectivity index (χ0) is 15.2. The number of allylic oxidation sites excluding steroid dienone is 1. The third kappa shape index (κ3) is 3.39. The van der Waals surface area contributed by atoms with E-state index in [-0.39, 0.29) is 11.5 Å². The normalized spacial score (nSPS) is 10.2. The highest BCUT2D eigenvalue weighted by Crippen LogP contribution is 2.19. The van der Waals surface area contributed by atoms with Crippen molar-refractivity contribution in [3.63, 3.8) is 0 Å². The molecule has 2 aromatic carbocycles. The summed E-state index contributed by atoms with van der Waals surface area (Å²) in [6.07, 6.45) is 2.70. The molecule has 5 heteroatoms. The minimum absolute atomic E-state index is 0.0543. The molecule has 0 N–H and O–H groups in total. The maximum absolute atomic E-state index is 12.0. The minimum Gasteiger partial charge on any atom is -0.289 e. The van der Waals surface area contributed by atoms with E-state index in [4.69, 9.17) is 5.26 Å². The zero-order valence-corrected chi connectivity index (χ0v) is 10.9. The average molecular weight is 278 g/mol. The molecule has 5 nitrogen and oxygen atoms in total. The van der Waals surface area contributed by atoms with Gasteiger partial charge in [-0.1, -0.05) is 12.1 Å². The lowest BCUT2D eigenvalue weighted by molar-refractivity contribution is -0.385. The molecule has 0 aliphatic heterocycles. The number of nitrogens with zero attached hydrogens (tertiary/aromatic N) is 2. The van der Waals surface area contributed by atoms with Crippen LogP contribution < -0.4 is 0 Å². The summed E-state index contributed by atoms with van der Waals surface area (Å²) >= 11 is 0. The van der Waals surface area contributed by atoms with Gasteiger partial charge in [0.05, 0.1) is 22.1 Å². The van der Waals surface area contributed by atoms with Crippen molar-refractivity contribution in [2.75, 3.05) is 0 Å². The van der Waals surface area contributed by atoms with Crippen LogP contribution in [0.4, 0.5) is 5.69 Å². The molecule has 0 fully saturated rings. The lowest BCUT2D eigenvalue weighted by Crippen LogP contribution is -1.95. The summed E-state index contributed by atoms with van der Waals surface area (Å²) in [5.74, 6) is -0.280. The van der Waals surface area contributed by atoms with E-state index in [2.05, 4.69) is 0 Å². The quantitative estimate of drug-likeness (QED) is 0.371. The molecule has 0 aliphatic rings. The van der Waals surface area contributed by atoms with Gasteiger partial charge in [-0.05, 0) is 42.5 Å². The van der Waals surface area contributed by atoms with Crippen LogP contribution in [0.1, 0.15) is 21.5 Å². The number of nitriles is 1. The molecule has 0 unspecified atom stereocenters. The van der Waals surface area contributed by atoms with Gasteiger partial charge in [-0.25, -0.2) is 0 Å². The molecule has 0 saturated carbocycles. The Morgan fingerprint density at radius 3 is 2.43 bits per heavy atom. The minimum atomic E-state index is -0.494. The Hall–Kier alpha value is -3.26. The smallest absolute Gasteiger partial charge is 0.276 e. The second kappa shape index (κ2) is 6.26. The van der Waals surface area contributed by atoms with Gasteiger partial charge >= 0.3 is 0 Å². The first-order valence-electron chi connectivity index (χ1n) is 6.08. The Balaban J connectivity index is 2.23. The number of para-hydroxylation sites is 1. The fraction of sp³-hybridized carbons (Fsp3) is 0. The van der Waals surface area contributed by atoms with Crippen LogP contribution in [0.25, 0.3) is 6.08 Å². The summed E-state index contributed by atoms with van der Waals surface area (Å²) in [6, 6.07) is 14.3. The topological polar surface area (TPSA) is 84.0 Å². The van der Waals surface area contributed by atoms with E-state index in [1.54, 1.807) is 42.5 Å². The Labute approximate surface area is 120 Å². The molecular formula is C16H10N2O3. The van der Waals surface area contributed by atoms with Crippen molar-refractivity contribution in [1.29, 1.82) is 5.26 Å². The molecule has 2 aromatic rings. The maximum atomic E-state index is 12.0. The Bertz CT molecular complexity index is 756. The molecule has 0 heterocycles. The highest BCUT2D eigenvalue weighted by atomic mass is 16.6. The number of ketones is 1. The molecule has 0 radical (unpaired) electrons. The molecule has 0 bridgehead atoms. The van der Waals surface area contributed by atoms with Gasteiger partial charge in [-0.3, -0.25) is 14.9 Å². The molecule has 102 valence electrons. The van der Waals surface area contributed by atoms with Gasteiger partial charge in [0.1, 0.15) is 0 Å². The lowest BCUT2D eigenvalue weighted by atomic mass is 10.1. The third-order valence-electron chi connectivity index (χ3n) is 2.85. The monoisotopic (exact) mass is 278 g/mol. The van der Waals surface area contributed by atoms with E-state index in [0.717, 1.165) is 0 Å². The molecular weight excluding hydrogens is 268 g/mol. The summed E-state index contributed by atoms with van der Waals surface area (Å²) < 4.78 is 0. The molecule has 21 heavy (non-hydrogen) atoms. The van der Waals surface area contributed by atoms with E-state index >= 15 is 0 Å². The largest absolute Gasteiger partial charge is 0.289 e. The Morgan fingerprint density at radius 1 is 1.14 bits per heavy atom. The molecule has 0 aromatic heterocycles. The first kappa shape index (κ1) is 14.2. The van der Waals surface area contributed by atoms with Gasteiger partial charge in [-0.15, -0.1) is 0 Å². The highest BCUT2D eigenvalue weighted by Gasteiger charge is 2.10. The predicted octanol–water partition coefficient (Wildman–Crippen LogP) is 3.36. The third-order valence-corrected chi connectivity index (χ3v) is 2.85. The number of hydrogen-bond acceptors (Lipinski definition) is 4. The van der Waals surface area contributed by atoms with E-state index in [1.807, 2.05) is 6.07 Å². The predicted molar refractivity (Wildman–Crippen MR) is 77.6 cm³/mol. The average Bonchev–Trinajstić information content (AvgIpc) is 2.52. The number of hydrogen-bond donors (Lipinski definition) is 0. The van der Waals surface area contributed by atoms with Crippen molar-refractivity contribution in [2.45, 2.75) is 0 Å². The molecule has 0 aliphatic carbocycles. The molecule has 0 amide bonds. The number of carbonyl (C=O) groups is 1. The van der Waals surface area contributed by atoms with Crippen LogP contribution in [0.15, 0.2) is 54.6 Å². The molecule has 0 saturated heterocycles. The van der Waals surface area contributed by atoms with Gasteiger partial charge in [-0.2, -0.15) is 5.26 Å². The summed E-state index contributed by atoms with van der Waals surface area (Å²) in [5.41, 5.74) is 1.20. The summed E-state index contributed by atoms with van der Waals surface area (Å²) in [4.78, 5) is 22.3. The van der Waals surface area contributed by atoms with Crippen LogP contribution in [0.2, 0.25) is 0 Å². The first-order valence-corrected chi connectivity index (χ1v) is 6.08. The van der Waals surface area contributed by atoms with Crippen LogP contribution in [0, 0.1) is 21.4 Å². The van der Waals surface area contributed by atoms with Gasteiger partial charge < -0.3 is 0 Å². The van der Waals surface area contributed by atoms with Crippen molar-refractivity contribution >= 4 is 17.5 Å². The summed E-state index contributed by atoms with van der Waals surface area (Å²) in [6.45, 7) is 0. The van der Waals surface area contributed by atoms with Gasteiger partial charge in [0, 0.05) is 11.6 Å². The number of rotatable bonds is 4. The first-order chi connectivity index (χ1) is 10.1. The second-order valence-corrected chi connectivity index (χ2v) is 4.20. The SMILES string of the molecule is N#Cc1ccc(C(=O)C=Cc2ccccc2[N+](=O)[O-])cc1. The van der Waals surface area contributed by atoms with Gasteiger partial charge in [0.25, 0.3) is 5.69 Å². The van der Waals surface area contributed by atoms with Gasteiger partial charge in [0.2, 0.25) is 0 Å². The highest BCUT2D eigenvalue weighted by molar-refractivity contribution is 6.07. The summed E-state index contributed by atoms with van der Waals surface area (Å²) in [5, 5.41) is 19.6. The number of nitro groups is 1. The Kier molecular flexibility index (Phi) is 4.22. The second-order valence-electron chi connectivity index (χ2n) is 4.20. The van der Waals surface area contributed by atoms with Crippen LogP contribution >= 0.6 is 0 Å². The maximum Gasteiger partial charge on any atom is 0.276 e. The van der Waals surface area contributed by atoms with Crippen LogP contribution in [-0.4, -0.2) is 10.7 Å². The van der Waals surface area contributed by atoms with Crippen LogP contribution in [-0.2, 0) is 0 Å². The standard InChI is InChI=1S/C16H10N2O3/c17-11-12-5-7-14(8-6-12)16(19)10-9-13-3-1-2-4-15(13)18(20)21/h1-10H. The molecule has 0 atom stereocenters. The fourth-order valence-electron chi connectivity index (χ4n) is 1.77. The van der Waals surface area contributed by atoms with E-state index < -0.39 is 4.92 Å². The van der Waals surface area contributed by atoms with Gasteiger partial charge in [0.15, 0.2) is 5.78 Å². The fourth-order valence-corrected chi connectivity index (χ4v) is 1.77. The van der Waals surface area contributed by atoms with Crippen LogP contribution in [0.3, 0.4) is 0 Å². The molecule has 0 spiro atoms. The van der Waals surface area contributed by atoms with E-state index in [0.29, 0.717) is 16.7 Å². The number of benzene rings is 2. The van der Waals surface area contributed by atoms with E-state index in [1.165, 1.54) is 18.2 Å². The van der Waals surface area contributed by atoms with E-state index in [9.17, 15) is 14.9 Å². The Morgan fingerprint density at radius 2 is 1.81 bits per heavy atom. The number of nitro benzene ring substituents is 1. The van der Waals surface area contributed by atoms with Crippen molar-refractivity contribution < 1.29 is 9.72 Å².